The van der Waals surface area contributed by atoms with Crippen molar-refractivity contribution in [2.45, 2.75) is 6.92 Å². The number of carbonyl (C=O) groups excluding carboxylic acids is 1. The van der Waals surface area contributed by atoms with Crippen LogP contribution in [0.2, 0.25) is 0 Å². The van der Waals surface area contributed by atoms with Gasteiger partial charge in [-0.2, -0.15) is 5.26 Å². The summed E-state index contributed by atoms with van der Waals surface area (Å²) in [6.45, 7) is 2.48. The first-order valence-corrected chi connectivity index (χ1v) is 8.86. The van der Waals surface area contributed by atoms with Crippen molar-refractivity contribution in [1.82, 2.24) is 0 Å². The quantitative estimate of drug-likeness (QED) is 0.560. The largest absolute Gasteiger partial charge is 0.494 e. The molecule has 2 rings (SSSR count). The molecule has 0 atom stereocenters. The van der Waals surface area contributed by atoms with Gasteiger partial charge in [0, 0.05) is 24.3 Å². The highest BCUT2D eigenvalue weighted by atomic mass is 79.9. The molecule has 0 aliphatic heterocycles. The van der Waals surface area contributed by atoms with Crippen LogP contribution in [0, 0.1) is 11.3 Å². The van der Waals surface area contributed by atoms with Gasteiger partial charge in [0.05, 0.1) is 12.3 Å². The molecule has 6 heteroatoms. The molecule has 0 aliphatic carbocycles. The molecular weight excluding hydrogens is 394 g/mol. The summed E-state index contributed by atoms with van der Waals surface area (Å²) in [5.41, 5.74) is 2.41. The van der Waals surface area contributed by atoms with Gasteiger partial charge in [-0.05, 0) is 70.9 Å². The van der Waals surface area contributed by atoms with Crippen LogP contribution in [0.25, 0.3) is 6.08 Å². The zero-order valence-corrected chi connectivity index (χ0v) is 16.5. The summed E-state index contributed by atoms with van der Waals surface area (Å²) in [6.07, 6.45) is 1.56. The smallest absolute Gasteiger partial charge is 0.266 e. The van der Waals surface area contributed by atoms with E-state index in [1.54, 1.807) is 30.3 Å². The van der Waals surface area contributed by atoms with Crippen LogP contribution in [-0.4, -0.2) is 26.6 Å². The van der Waals surface area contributed by atoms with E-state index in [-0.39, 0.29) is 5.57 Å². The molecule has 26 heavy (non-hydrogen) atoms. The van der Waals surface area contributed by atoms with E-state index >= 15 is 0 Å². The fourth-order valence-electron chi connectivity index (χ4n) is 2.29. The second-order valence-electron chi connectivity index (χ2n) is 5.69. The van der Waals surface area contributed by atoms with Gasteiger partial charge in [0.2, 0.25) is 0 Å². The molecular formula is C20H20BrN3O2. The summed E-state index contributed by atoms with van der Waals surface area (Å²) in [5.74, 6) is 0.275. The fourth-order valence-corrected chi connectivity index (χ4v) is 3.04. The SMILES string of the molecule is CCOc1ccc(NC(=O)/C(C#N)=C/c2ccc(N(C)C)c(Br)c2)cc1. The van der Waals surface area contributed by atoms with Crippen molar-refractivity contribution in [3.63, 3.8) is 0 Å². The van der Waals surface area contributed by atoms with Crippen molar-refractivity contribution >= 4 is 39.3 Å². The van der Waals surface area contributed by atoms with Crippen LogP contribution in [0.5, 0.6) is 5.75 Å². The van der Waals surface area contributed by atoms with Gasteiger partial charge in [0.1, 0.15) is 17.4 Å². The molecule has 1 N–H and O–H groups in total. The van der Waals surface area contributed by atoms with E-state index in [4.69, 9.17) is 4.74 Å². The Kier molecular flexibility index (Phi) is 6.81. The second kappa shape index (κ2) is 9.07. The molecule has 0 aliphatic rings. The zero-order valence-electron chi connectivity index (χ0n) is 14.9. The number of anilines is 2. The van der Waals surface area contributed by atoms with Gasteiger partial charge in [-0.25, -0.2) is 0 Å². The molecule has 2 aromatic carbocycles. The molecule has 5 nitrogen and oxygen atoms in total. The zero-order chi connectivity index (χ0) is 19.1. The van der Waals surface area contributed by atoms with Crippen LogP contribution < -0.4 is 15.0 Å². The van der Waals surface area contributed by atoms with Crippen LogP contribution in [0.3, 0.4) is 0 Å². The van der Waals surface area contributed by atoms with E-state index in [0.717, 1.165) is 21.5 Å². The third-order valence-corrected chi connectivity index (χ3v) is 4.19. The Morgan fingerprint density at radius 3 is 2.50 bits per heavy atom. The first-order valence-electron chi connectivity index (χ1n) is 8.07. The van der Waals surface area contributed by atoms with Crippen molar-refractivity contribution in [1.29, 1.82) is 5.26 Å². The minimum Gasteiger partial charge on any atom is -0.494 e. The van der Waals surface area contributed by atoms with Crippen LogP contribution in [0.15, 0.2) is 52.5 Å². The van der Waals surface area contributed by atoms with E-state index < -0.39 is 5.91 Å². The number of ether oxygens (including phenoxy) is 1. The number of hydrogen-bond acceptors (Lipinski definition) is 4. The summed E-state index contributed by atoms with van der Waals surface area (Å²) in [4.78, 5) is 14.3. The van der Waals surface area contributed by atoms with E-state index in [2.05, 4.69) is 21.2 Å². The normalized spacial score (nSPS) is 10.8. The van der Waals surface area contributed by atoms with Crippen LogP contribution in [0.1, 0.15) is 12.5 Å². The van der Waals surface area contributed by atoms with Crippen molar-refractivity contribution in [2.24, 2.45) is 0 Å². The number of rotatable bonds is 6. The highest BCUT2D eigenvalue weighted by Crippen LogP contribution is 2.26. The number of nitriles is 1. The van der Waals surface area contributed by atoms with Gasteiger partial charge in [-0.15, -0.1) is 0 Å². The third-order valence-electron chi connectivity index (χ3n) is 3.55. The van der Waals surface area contributed by atoms with Gasteiger partial charge in [-0.3, -0.25) is 4.79 Å². The first-order chi connectivity index (χ1) is 12.4. The van der Waals surface area contributed by atoms with Crippen LogP contribution >= 0.6 is 15.9 Å². The number of hydrogen-bond donors (Lipinski definition) is 1. The van der Waals surface area contributed by atoms with E-state index in [0.29, 0.717) is 12.3 Å². The van der Waals surface area contributed by atoms with Gasteiger partial charge in [-0.1, -0.05) is 6.07 Å². The van der Waals surface area contributed by atoms with E-state index in [1.165, 1.54) is 0 Å². The maximum atomic E-state index is 12.4. The van der Waals surface area contributed by atoms with Crippen LogP contribution in [0.4, 0.5) is 11.4 Å². The highest BCUT2D eigenvalue weighted by molar-refractivity contribution is 9.10. The minimum absolute atomic E-state index is 0.0309. The fraction of sp³-hybridized carbons (Fsp3) is 0.200. The van der Waals surface area contributed by atoms with Gasteiger partial charge >= 0.3 is 0 Å². The number of benzene rings is 2. The lowest BCUT2D eigenvalue weighted by molar-refractivity contribution is -0.112. The van der Waals surface area contributed by atoms with E-state index in [9.17, 15) is 10.1 Å². The molecule has 2 aromatic rings. The summed E-state index contributed by atoms with van der Waals surface area (Å²) >= 11 is 3.50. The Bertz CT molecular complexity index is 852. The molecule has 0 spiro atoms. The lowest BCUT2D eigenvalue weighted by Gasteiger charge is -2.14. The predicted octanol–water partition coefficient (Wildman–Crippen LogP) is 4.46. The third kappa shape index (κ3) is 5.11. The van der Waals surface area contributed by atoms with E-state index in [1.807, 2.05) is 50.2 Å². The predicted molar refractivity (Wildman–Crippen MR) is 108 cm³/mol. The summed E-state index contributed by atoms with van der Waals surface area (Å²) in [7, 11) is 3.89. The number of amides is 1. The molecule has 1 amide bonds. The van der Waals surface area contributed by atoms with Gasteiger partial charge in [0.25, 0.3) is 5.91 Å². The number of halogens is 1. The summed E-state index contributed by atoms with van der Waals surface area (Å²) in [6, 6.07) is 14.6. The molecule has 0 radical (unpaired) electrons. The van der Waals surface area contributed by atoms with Crippen molar-refractivity contribution < 1.29 is 9.53 Å². The second-order valence-corrected chi connectivity index (χ2v) is 6.54. The lowest BCUT2D eigenvalue weighted by Crippen LogP contribution is -2.13. The minimum atomic E-state index is -0.454. The van der Waals surface area contributed by atoms with Crippen molar-refractivity contribution in [3.05, 3.63) is 58.1 Å². The lowest BCUT2D eigenvalue weighted by atomic mass is 10.1. The van der Waals surface area contributed by atoms with Gasteiger partial charge < -0.3 is 15.0 Å². The van der Waals surface area contributed by atoms with Crippen molar-refractivity contribution in [2.75, 3.05) is 30.9 Å². The summed E-state index contributed by atoms with van der Waals surface area (Å²) < 4.78 is 6.26. The Hall–Kier alpha value is -2.78. The highest BCUT2D eigenvalue weighted by Gasteiger charge is 2.10. The standard InChI is InChI=1S/C20H20BrN3O2/c1-4-26-17-8-6-16(7-9-17)23-20(25)15(13-22)11-14-5-10-19(24(2)3)18(21)12-14/h5-12H,4H2,1-3H3,(H,23,25)/b15-11+. The Morgan fingerprint density at radius 2 is 1.96 bits per heavy atom. The Balaban J connectivity index is 2.16. The summed E-state index contributed by atoms with van der Waals surface area (Å²) in [5, 5.41) is 12.1. The molecule has 0 saturated heterocycles. The molecule has 0 aromatic heterocycles. The average molecular weight is 414 g/mol. The molecule has 0 heterocycles. The number of carbonyl (C=O) groups is 1. The van der Waals surface area contributed by atoms with Crippen molar-refractivity contribution in [3.8, 4) is 11.8 Å². The van der Waals surface area contributed by atoms with Gasteiger partial charge in [0.15, 0.2) is 0 Å². The first kappa shape index (κ1) is 19.5. The molecule has 0 fully saturated rings. The Morgan fingerprint density at radius 1 is 1.27 bits per heavy atom. The molecule has 0 bridgehead atoms. The average Bonchev–Trinajstić information content (AvgIpc) is 2.61. The Labute approximate surface area is 162 Å². The topological polar surface area (TPSA) is 65.4 Å². The monoisotopic (exact) mass is 413 g/mol. The maximum absolute atomic E-state index is 12.4. The molecule has 134 valence electrons. The number of nitrogens with zero attached hydrogens (tertiary/aromatic N) is 2. The molecule has 0 saturated carbocycles. The maximum Gasteiger partial charge on any atom is 0.266 e. The molecule has 0 unspecified atom stereocenters. The van der Waals surface area contributed by atoms with Crippen LogP contribution in [-0.2, 0) is 4.79 Å². The number of nitrogens with one attached hydrogen (secondary N) is 1.